The molecule has 0 heterocycles. The lowest BCUT2D eigenvalue weighted by molar-refractivity contribution is -0.146. The Kier molecular flexibility index (Phi) is 3.05. The van der Waals surface area contributed by atoms with Crippen molar-refractivity contribution >= 4 is 5.97 Å². The summed E-state index contributed by atoms with van der Waals surface area (Å²) in [5, 5.41) is 0. The number of ether oxygens (including phenoxy) is 2. The Morgan fingerprint density at radius 1 is 1.47 bits per heavy atom. The van der Waals surface area contributed by atoms with Crippen LogP contribution in [-0.4, -0.2) is 19.7 Å². The van der Waals surface area contributed by atoms with Crippen LogP contribution >= 0.6 is 0 Å². The van der Waals surface area contributed by atoms with E-state index in [1.54, 1.807) is 19.1 Å². The second kappa shape index (κ2) is 4.35. The summed E-state index contributed by atoms with van der Waals surface area (Å²) in [7, 11) is 1.41. The van der Waals surface area contributed by atoms with Gasteiger partial charge in [-0.15, -0.1) is 0 Å². The highest BCUT2D eigenvalue weighted by Crippen LogP contribution is 2.49. The maximum Gasteiger partial charge on any atom is 0.316 e. The van der Waals surface area contributed by atoms with E-state index in [1.807, 2.05) is 0 Å². The molecular weight excluding hydrogens is 223 g/mol. The molecule has 1 saturated carbocycles. The van der Waals surface area contributed by atoms with Crippen molar-refractivity contribution < 1.29 is 18.7 Å². The molecule has 0 amide bonds. The van der Waals surface area contributed by atoms with Gasteiger partial charge in [0.25, 0.3) is 0 Å². The van der Waals surface area contributed by atoms with E-state index in [4.69, 9.17) is 9.47 Å². The number of carbonyl (C=O) groups is 1. The Morgan fingerprint density at radius 2 is 2.18 bits per heavy atom. The number of carbonyl (C=O) groups excluding carboxylic acids is 1. The molecule has 0 aromatic heterocycles. The molecule has 1 fully saturated rings. The first-order valence-electron chi connectivity index (χ1n) is 5.65. The zero-order valence-electron chi connectivity index (χ0n) is 9.96. The van der Waals surface area contributed by atoms with Gasteiger partial charge < -0.3 is 9.47 Å². The van der Waals surface area contributed by atoms with Gasteiger partial charge in [-0.05, 0) is 37.5 Å². The zero-order valence-corrected chi connectivity index (χ0v) is 9.96. The van der Waals surface area contributed by atoms with Crippen molar-refractivity contribution in [2.24, 2.45) is 0 Å². The Hall–Kier alpha value is -1.58. The number of methoxy groups -OCH3 is 1. The van der Waals surface area contributed by atoms with Gasteiger partial charge in [0, 0.05) is 0 Å². The van der Waals surface area contributed by atoms with Crippen LogP contribution in [0, 0.1) is 5.82 Å². The van der Waals surface area contributed by atoms with E-state index in [2.05, 4.69) is 0 Å². The van der Waals surface area contributed by atoms with Crippen LogP contribution in [0.1, 0.15) is 25.3 Å². The Balaban J connectivity index is 2.28. The Bertz CT molecular complexity index is 438. The summed E-state index contributed by atoms with van der Waals surface area (Å²) in [5.41, 5.74) is 0.0533. The smallest absolute Gasteiger partial charge is 0.316 e. The monoisotopic (exact) mass is 238 g/mol. The molecule has 2 rings (SSSR count). The summed E-state index contributed by atoms with van der Waals surface area (Å²) in [4.78, 5) is 11.8. The van der Waals surface area contributed by atoms with E-state index in [-0.39, 0.29) is 11.7 Å². The third-order valence-electron chi connectivity index (χ3n) is 3.12. The molecule has 17 heavy (non-hydrogen) atoms. The van der Waals surface area contributed by atoms with Gasteiger partial charge in [0.15, 0.2) is 11.6 Å². The zero-order chi connectivity index (χ0) is 12.5. The van der Waals surface area contributed by atoms with Gasteiger partial charge in [-0.3, -0.25) is 4.79 Å². The standard InChI is InChI=1S/C13H15FO3/c1-3-17-12(15)13(6-7-13)9-4-5-11(16-2)10(14)8-9/h4-5,8H,3,6-7H2,1-2H3. The van der Waals surface area contributed by atoms with Gasteiger partial charge in [0.05, 0.1) is 19.1 Å². The van der Waals surface area contributed by atoms with Gasteiger partial charge in [-0.25, -0.2) is 4.39 Å². The van der Waals surface area contributed by atoms with Gasteiger partial charge in [-0.2, -0.15) is 0 Å². The summed E-state index contributed by atoms with van der Waals surface area (Å²) in [6.45, 7) is 2.11. The molecule has 4 heteroatoms. The van der Waals surface area contributed by atoms with E-state index in [0.29, 0.717) is 12.2 Å². The first-order chi connectivity index (χ1) is 8.14. The SMILES string of the molecule is CCOC(=O)C1(c2ccc(OC)c(F)c2)CC1. The van der Waals surface area contributed by atoms with Crippen molar-refractivity contribution in [3.05, 3.63) is 29.6 Å². The molecule has 1 aliphatic rings. The topological polar surface area (TPSA) is 35.5 Å². The second-order valence-electron chi connectivity index (χ2n) is 4.15. The first kappa shape index (κ1) is 11.9. The van der Waals surface area contributed by atoms with Gasteiger partial charge in [-0.1, -0.05) is 6.07 Å². The van der Waals surface area contributed by atoms with Crippen LogP contribution in [0.3, 0.4) is 0 Å². The van der Waals surface area contributed by atoms with Crippen molar-refractivity contribution in [3.8, 4) is 5.75 Å². The molecule has 0 unspecified atom stereocenters. The maximum absolute atomic E-state index is 13.6. The summed E-state index contributed by atoms with van der Waals surface area (Å²) in [5.74, 6) is -0.515. The number of hydrogen-bond acceptors (Lipinski definition) is 3. The number of halogens is 1. The Morgan fingerprint density at radius 3 is 2.65 bits per heavy atom. The molecule has 0 bridgehead atoms. The molecule has 0 aliphatic heterocycles. The van der Waals surface area contributed by atoms with E-state index < -0.39 is 11.2 Å². The van der Waals surface area contributed by atoms with Gasteiger partial charge in [0.2, 0.25) is 0 Å². The van der Waals surface area contributed by atoms with E-state index in [1.165, 1.54) is 13.2 Å². The molecule has 0 saturated heterocycles. The van der Waals surface area contributed by atoms with Crippen LogP contribution in [0.25, 0.3) is 0 Å². The fraction of sp³-hybridized carbons (Fsp3) is 0.462. The van der Waals surface area contributed by atoms with Crippen LogP contribution in [0.5, 0.6) is 5.75 Å². The van der Waals surface area contributed by atoms with Crippen molar-refractivity contribution in [2.75, 3.05) is 13.7 Å². The van der Waals surface area contributed by atoms with E-state index >= 15 is 0 Å². The highest BCUT2D eigenvalue weighted by molar-refractivity contribution is 5.86. The summed E-state index contributed by atoms with van der Waals surface area (Å²) >= 11 is 0. The molecule has 0 N–H and O–H groups in total. The third-order valence-corrected chi connectivity index (χ3v) is 3.12. The Labute approximate surface area is 99.5 Å². The van der Waals surface area contributed by atoms with Crippen LogP contribution in [0.2, 0.25) is 0 Å². The minimum absolute atomic E-state index is 0.188. The number of hydrogen-bond donors (Lipinski definition) is 0. The highest BCUT2D eigenvalue weighted by Gasteiger charge is 2.52. The van der Waals surface area contributed by atoms with Crippen LogP contribution in [0.15, 0.2) is 18.2 Å². The maximum atomic E-state index is 13.6. The average molecular weight is 238 g/mol. The van der Waals surface area contributed by atoms with Gasteiger partial charge in [0.1, 0.15) is 0 Å². The summed E-state index contributed by atoms with van der Waals surface area (Å²) < 4.78 is 23.5. The number of benzene rings is 1. The molecule has 1 aromatic carbocycles. The lowest BCUT2D eigenvalue weighted by Crippen LogP contribution is -2.23. The normalized spacial score (nSPS) is 16.4. The van der Waals surface area contributed by atoms with Crippen LogP contribution in [-0.2, 0) is 14.9 Å². The number of rotatable bonds is 4. The summed E-state index contributed by atoms with van der Waals surface area (Å²) in [6.07, 6.45) is 1.44. The largest absolute Gasteiger partial charge is 0.494 e. The number of esters is 1. The highest BCUT2D eigenvalue weighted by atomic mass is 19.1. The predicted octanol–water partition coefficient (Wildman–Crippen LogP) is 2.43. The van der Waals surface area contributed by atoms with Gasteiger partial charge >= 0.3 is 5.97 Å². The van der Waals surface area contributed by atoms with E-state index in [9.17, 15) is 9.18 Å². The van der Waals surface area contributed by atoms with E-state index in [0.717, 1.165) is 12.8 Å². The molecule has 3 nitrogen and oxygen atoms in total. The van der Waals surface area contributed by atoms with Crippen LogP contribution < -0.4 is 4.74 Å². The predicted molar refractivity (Wildman–Crippen MR) is 60.5 cm³/mol. The fourth-order valence-electron chi connectivity index (χ4n) is 1.97. The third kappa shape index (κ3) is 1.99. The van der Waals surface area contributed by atoms with Crippen LogP contribution in [0.4, 0.5) is 4.39 Å². The molecule has 1 aromatic rings. The molecule has 0 radical (unpaired) electrons. The second-order valence-corrected chi connectivity index (χ2v) is 4.15. The average Bonchev–Trinajstić information content (AvgIpc) is 3.10. The minimum Gasteiger partial charge on any atom is -0.494 e. The molecule has 92 valence electrons. The lowest BCUT2D eigenvalue weighted by atomic mass is 9.96. The van der Waals surface area contributed by atoms with Crippen molar-refractivity contribution in [2.45, 2.75) is 25.2 Å². The fourth-order valence-corrected chi connectivity index (χ4v) is 1.97. The molecule has 0 atom stereocenters. The lowest BCUT2D eigenvalue weighted by Gasteiger charge is -2.14. The van der Waals surface area contributed by atoms with Crippen molar-refractivity contribution in [1.82, 2.24) is 0 Å². The van der Waals surface area contributed by atoms with Crippen molar-refractivity contribution in [3.63, 3.8) is 0 Å². The molecule has 0 spiro atoms. The first-order valence-corrected chi connectivity index (χ1v) is 5.65. The quantitative estimate of drug-likeness (QED) is 0.756. The summed E-state index contributed by atoms with van der Waals surface area (Å²) in [6, 6.07) is 4.64. The molecule has 1 aliphatic carbocycles. The molecular formula is C13H15FO3. The van der Waals surface area contributed by atoms with Crippen molar-refractivity contribution in [1.29, 1.82) is 0 Å². The minimum atomic E-state index is -0.622.